The number of nitrogens with zero attached hydrogens (tertiary/aromatic N) is 2. The summed E-state index contributed by atoms with van der Waals surface area (Å²) in [5.41, 5.74) is -0.294. The number of hydrogen-bond donors (Lipinski definition) is 0. The third-order valence-corrected chi connectivity index (χ3v) is 4.10. The molecule has 9 nitrogen and oxygen atoms in total. The van der Waals surface area contributed by atoms with Crippen LogP contribution in [0.1, 0.15) is 26.2 Å². The number of hydrogen-bond acceptors (Lipinski definition) is 7. The Morgan fingerprint density at radius 2 is 2.12 bits per heavy atom. The Kier molecular flexibility index (Phi) is 6.76. The molecule has 0 bridgehead atoms. The number of nitro benzene ring substituents is 1. The van der Waals surface area contributed by atoms with E-state index in [1.807, 2.05) is 0 Å². The molecule has 26 heavy (non-hydrogen) atoms. The van der Waals surface area contributed by atoms with E-state index >= 15 is 0 Å². The minimum atomic E-state index is -0.634. The van der Waals surface area contributed by atoms with Gasteiger partial charge in [-0.15, -0.1) is 0 Å². The number of carbonyl (C=O) groups is 2. The highest BCUT2D eigenvalue weighted by Gasteiger charge is 2.33. The fourth-order valence-corrected chi connectivity index (χ4v) is 2.82. The van der Waals surface area contributed by atoms with Crippen molar-refractivity contribution in [2.75, 3.05) is 26.9 Å². The number of methoxy groups -OCH3 is 1. The van der Waals surface area contributed by atoms with E-state index in [4.69, 9.17) is 14.2 Å². The summed E-state index contributed by atoms with van der Waals surface area (Å²) in [6.45, 7) is 1.98. The average Bonchev–Trinajstić information content (AvgIpc) is 2.66. The first-order valence-electron chi connectivity index (χ1n) is 8.39. The molecule has 0 radical (unpaired) electrons. The van der Waals surface area contributed by atoms with Gasteiger partial charge < -0.3 is 19.1 Å². The number of carbonyl (C=O) groups excluding carboxylic acids is 2. The molecule has 1 heterocycles. The fraction of sp³-hybridized carbons (Fsp3) is 0.529. The maximum atomic E-state index is 12.5. The molecule has 9 heteroatoms. The van der Waals surface area contributed by atoms with Gasteiger partial charge in [-0.05, 0) is 38.3 Å². The van der Waals surface area contributed by atoms with E-state index in [1.165, 1.54) is 30.2 Å². The Bertz CT molecular complexity index is 677. The number of amides is 1. The highest BCUT2D eigenvalue weighted by atomic mass is 16.6. The Labute approximate surface area is 151 Å². The van der Waals surface area contributed by atoms with Crippen LogP contribution in [0.5, 0.6) is 11.5 Å². The van der Waals surface area contributed by atoms with Gasteiger partial charge in [0.05, 0.1) is 24.7 Å². The van der Waals surface area contributed by atoms with Crippen LogP contribution in [-0.2, 0) is 14.3 Å². The van der Waals surface area contributed by atoms with Gasteiger partial charge in [0, 0.05) is 6.54 Å². The summed E-state index contributed by atoms with van der Waals surface area (Å²) in [7, 11) is 1.40. The van der Waals surface area contributed by atoms with Gasteiger partial charge in [0.1, 0.15) is 11.8 Å². The first-order chi connectivity index (χ1) is 12.5. The van der Waals surface area contributed by atoms with Crippen LogP contribution in [0.2, 0.25) is 0 Å². The second-order valence-electron chi connectivity index (χ2n) is 5.73. The molecule has 0 aliphatic carbocycles. The van der Waals surface area contributed by atoms with Crippen LogP contribution >= 0.6 is 0 Å². The largest absolute Gasteiger partial charge is 0.496 e. The maximum Gasteiger partial charge on any atom is 0.328 e. The van der Waals surface area contributed by atoms with E-state index in [0.717, 1.165) is 12.8 Å². The monoisotopic (exact) mass is 366 g/mol. The molecule has 1 amide bonds. The second kappa shape index (κ2) is 9.02. The molecule has 1 aliphatic rings. The van der Waals surface area contributed by atoms with E-state index in [2.05, 4.69) is 0 Å². The van der Waals surface area contributed by atoms with E-state index in [-0.39, 0.29) is 18.0 Å². The molecule has 0 spiro atoms. The van der Waals surface area contributed by atoms with Crippen molar-refractivity contribution in [1.29, 1.82) is 0 Å². The topological polar surface area (TPSA) is 108 Å². The van der Waals surface area contributed by atoms with Crippen LogP contribution in [0.15, 0.2) is 18.2 Å². The molecule has 1 aromatic rings. The maximum absolute atomic E-state index is 12.5. The second-order valence-corrected chi connectivity index (χ2v) is 5.73. The minimum Gasteiger partial charge on any atom is -0.496 e. The first-order valence-corrected chi connectivity index (χ1v) is 8.39. The van der Waals surface area contributed by atoms with Gasteiger partial charge in [-0.3, -0.25) is 14.9 Å². The van der Waals surface area contributed by atoms with Gasteiger partial charge in [0.25, 0.3) is 5.91 Å². The minimum absolute atomic E-state index is 0.0335. The Morgan fingerprint density at radius 1 is 1.35 bits per heavy atom. The molecular formula is C17H22N2O7. The van der Waals surface area contributed by atoms with Crippen molar-refractivity contribution in [3.05, 3.63) is 28.3 Å². The number of benzene rings is 1. The van der Waals surface area contributed by atoms with Crippen molar-refractivity contribution in [2.24, 2.45) is 0 Å². The summed E-state index contributed by atoms with van der Waals surface area (Å²) in [4.78, 5) is 36.5. The van der Waals surface area contributed by atoms with Crippen LogP contribution in [0.3, 0.4) is 0 Å². The van der Waals surface area contributed by atoms with E-state index in [0.29, 0.717) is 18.7 Å². The zero-order valence-corrected chi connectivity index (χ0v) is 14.8. The summed E-state index contributed by atoms with van der Waals surface area (Å²) < 4.78 is 15.3. The zero-order valence-electron chi connectivity index (χ0n) is 14.8. The Balaban J connectivity index is 2.07. The lowest BCUT2D eigenvalue weighted by Gasteiger charge is -2.33. The lowest BCUT2D eigenvalue weighted by Crippen LogP contribution is -2.50. The van der Waals surface area contributed by atoms with Crippen molar-refractivity contribution in [3.8, 4) is 11.5 Å². The van der Waals surface area contributed by atoms with Gasteiger partial charge in [0.2, 0.25) is 0 Å². The standard InChI is InChI=1S/C17H22N2O7/c1-3-25-17(21)13-6-4-5-9-18(13)16(20)11-26-15-8-7-12(24-2)10-14(15)19(22)23/h7-8,10,13H,3-6,9,11H2,1-2H3/t13-/m0/s1. The molecule has 2 rings (SSSR count). The van der Waals surface area contributed by atoms with E-state index in [9.17, 15) is 19.7 Å². The number of piperidine rings is 1. The van der Waals surface area contributed by atoms with E-state index < -0.39 is 29.4 Å². The Morgan fingerprint density at radius 3 is 2.77 bits per heavy atom. The van der Waals surface area contributed by atoms with Crippen LogP contribution < -0.4 is 9.47 Å². The number of likely N-dealkylation sites (tertiary alicyclic amines) is 1. The first kappa shape index (κ1) is 19.5. The van der Waals surface area contributed by atoms with Crippen LogP contribution in [0, 0.1) is 10.1 Å². The molecule has 142 valence electrons. The predicted molar refractivity (Wildman–Crippen MR) is 91.1 cm³/mol. The average molecular weight is 366 g/mol. The lowest BCUT2D eigenvalue weighted by molar-refractivity contribution is -0.385. The lowest BCUT2D eigenvalue weighted by atomic mass is 10.0. The molecule has 1 saturated heterocycles. The Hall–Kier alpha value is -2.84. The van der Waals surface area contributed by atoms with Crippen molar-refractivity contribution >= 4 is 17.6 Å². The SMILES string of the molecule is CCOC(=O)[C@@H]1CCCCN1C(=O)COc1ccc(OC)cc1[N+](=O)[O-]. The molecule has 0 N–H and O–H groups in total. The number of nitro groups is 1. The fourth-order valence-electron chi connectivity index (χ4n) is 2.82. The zero-order chi connectivity index (χ0) is 19.1. The van der Waals surface area contributed by atoms with Gasteiger partial charge in [-0.25, -0.2) is 4.79 Å². The third kappa shape index (κ3) is 4.62. The smallest absolute Gasteiger partial charge is 0.328 e. The molecule has 1 aliphatic heterocycles. The van der Waals surface area contributed by atoms with Gasteiger partial charge >= 0.3 is 11.7 Å². The summed E-state index contributed by atoms with van der Waals surface area (Å²) in [5, 5.41) is 11.2. The number of ether oxygens (including phenoxy) is 3. The van der Waals surface area contributed by atoms with Gasteiger partial charge in [-0.1, -0.05) is 0 Å². The summed E-state index contributed by atoms with van der Waals surface area (Å²) >= 11 is 0. The van der Waals surface area contributed by atoms with Crippen LogP contribution in [0.25, 0.3) is 0 Å². The molecule has 0 unspecified atom stereocenters. The van der Waals surface area contributed by atoms with Gasteiger partial charge in [0.15, 0.2) is 12.4 Å². The van der Waals surface area contributed by atoms with Crippen molar-refractivity contribution in [3.63, 3.8) is 0 Å². The summed E-state index contributed by atoms with van der Waals surface area (Å²) in [6.07, 6.45) is 2.15. The quantitative estimate of drug-likeness (QED) is 0.412. The van der Waals surface area contributed by atoms with Crippen molar-refractivity contribution in [2.45, 2.75) is 32.2 Å². The van der Waals surface area contributed by atoms with E-state index in [1.54, 1.807) is 6.92 Å². The normalized spacial score (nSPS) is 16.7. The molecule has 0 saturated carbocycles. The highest BCUT2D eigenvalue weighted by molar-refractivity contribution is 5.85. The number of rotatable bonds is 7. The predicted octanol–water partition coefficient (Wildman–Crippen LogP) is 1.93. The number of esters is 1. The highest BCUT2D eigenvalue weighted by Crippen LogP contribution is 2.31. The van der Waals surface area contributed by atoms with Crippen molar-refractivity contribution in [1.82, 2.24) is 4.90 Å². The van der Waals surface area contributed by atoms with Crippen LogP contribution in [-0.4, -0.2) is 54.6 Å². The molecule has 1 aromatic carbocycles. The molecule has 0 aromatic heterocycles. The molecule has 1 atom stereocenters. The van der Waals surface area contributed by atoms with Crippen molar-refractivity contribution < 1.29 is 28.7 Å². The summed E-state index contributed by atoms with van der Waals surface area (Å²) in [6, 6.07) is 3.48. The van der Waals surface area contributed by atoms with Crippen LogP contribution in [0.4, 0.5) is 5.69 Å². The summed E-state index contributed by atoms with van der Waals surface area (Å²) in [5.74, 6) is -0.563. The molecular weight excluding hydrogens is 344 g/mol. The molecule has 1 fully saturated rings. The third-order valence-electron chi connectivity index (χ3n) is 4.10. The van der Waals surface area contributed by atoms with Gasteiger partial charge in [-0.2, -0.15) is 0 Å².